The largest absolute Gasteiger partial charge is 0.177 e. The lowest BCUT2D eigenvalue weighted by Gasteiger charge is -2.47. The van der Waals surface area contributed by atoms with Gasteiger partial charge in [-0.15, -0.1) is 22.2 Å². The predicted molar refractivity (Wildman–Crippen MR) is 389 cm³/mol. The van der Waals surface area contributed by atoms with E-state index in [9.17, 15) is 0 Å². The van der Waals surface area contributed by atoms with Crippen molar-refractivity contribution >= 4 is 123 Å². The van der Waals surface area contributed by atoms with Crippen LogP contribution in [0, 0.1) is 45.9 Å². The minimum atomic E-state index is -2.36. The Labute approximate surface area is 547 Å². The number of aromatic nitrogens is 8. The van der Waals surface area contributed by atoms with Crippen LogP contribution in [0.3, 0.4) is 0 Å². The van der Waals surface area contributed by atoms with Gasteiger partial charge >= 0.3 is 0 Å². The van der Waals surface area contributed by atoms with Gasteiger partial charge in [0.15, 0.2) is 0 Å². The van der Waals surface area contributed by atoms with Crippen LogP contribution in [-0.4, -0.2) is 67.3 Å². The predicted octanol–water partition coefficient (Wildman–Crippen LogP) is 20.9. The second-order valence-electron chi connectivity index (χ2n) is 30.0. The average Bonchev–Trinajstić information content (AvgIpc) is 1.08. The summed E-state index contributed by atoms with van der Waals surface area (Å²) >= 11 is 5.25. The van der Waals surface area contributed by atoms with Crippen molar-refractivity contribution in [3.8, 4) is 45.9 Å². The Morgan fingerprint density at radius 1 is 0.261 bits per heavy atom. The van der Waals surface area contributed by atoms with Crippen molar-refractivity contribution in [3.63, 3.8) is 0 Å². The molecule has 4 heterocycles. The summed E-state index contributed by atoms with van der Waals surface area (Å²) in [5.74, 6) is 15.6. The van der Waals surface area contributed by atoms with Gasteiger partial charge in [-0.25, -0.2) is 0 Å². The van der Waals surface area contributed by atoms with Crippen molar-refractivity contribution in [3.05, 3.63) is 91.5 Å². The number of benzene rings is 4. The van der Waals surface area contributed by atoms with Gasteiger partial charge in [0.25, 0.3) is 0 Å². The highest BCUT2D eigenvalue weighted by atomic mass is 32.1. The Hall–Kier alpha value is -4.73. The van der Waals surface area contributed by atoms with E-state index in [1.54, 1.807) is 0 Å². The zero-order valence-corrected chi connectivity index (χ0v) is 64.0. The molecular formula is C72H92N8S4Si4. The molecule has 8 aromatic rings. The molecule has 6 aliphatic carbocycles. The van der Waals surface area contributed by atoms with Gasteiger partial charge in [0, 0.05) is 67.5 Å². The van der Waals surface area contributed by atoms with Crippen molar-refractivity contribution in [2.24, 2.45) is 0 Å². The Balaban J connectivity index is 1.44. The van der Waals surface area contributed by atoms with Crippen LogP contribution < -0.4 is 0 Å². The maximum Gasteiger partial charge on any atom is 0.146 e. The molecule has 0 amide bonds. The van der Waals surface area contributed by atoms with Crippen LogP contribution in [0.4, 0.5) is 0 Å². The Morgan fingerprint density at radius 2 is 0.420 bits per heavy atom. The second-order valence-corrected chi connectivity index (χ2v) is 54.5. The van der Waals surface area contributed by atoms with Crippen molar-refractivity contribution in [2.45, 2.75) is 256 Å². The monoisotopic (exact) mass is 1310 g/mol. The van der Waals surface area contributed by atoms with Crippen molar-refractivity contribution < 1.29 is 0 Å². The van der Waals surface area contributed by atoms with Crippen LogP contribution in [0.2, 0.25) is 66.5 Å². The lowest BCUT2D eigenvalue weighted by Crippen LogP contribution is -2.43. The highest BCUT2D eigenvalue weighted by Gasteiger charge is 2.58. The molecular weight excluding hydrogens is 1220 g/mol. The number of rotatable bonds is 12. The van der Waals surface area contributed by atoms with Crippen molar-refractivity contribution in [1.29, 1.82) is 0 Å². The summed E-state index contributed by atoms with van der Waals surface area (Å²) in [6.45, 7) is 58.3. The molecule has 88 heavy (non-hydrogen) atoms. The smallest absolute Gasteiger partial charge is 0.146 e. The third-order valence-electron chi connectivity index (χ3n) is 22.8. The molecule has 4 aromatic heterocycles. The first-order valence-corrected chi connectivity index (χ1v) is 44.7. The zero-order chi connectivity index (χ0) is 63.8. The van der Waals surface area contributed by atoms with E-state index in [0.717, 1.165) is 88.6 Å². The van der Waals surface area contributed by atoms with Gasteiger partial charge in [-0.2, -0.15) is 35.0 Å². The summed E-state index contributed by atoms with van der Waals surface area (Å²) in [5, 5.41) is 4.36. The molecule has 4 atom stereocenters. The van der Waals surface area contributed by atoms with Gasteiger partial charge in [0.05, 0.1) is 69.7 Å². The third-order valence-corrected chi connectivity index (χ3v) is 50.2. The van der Waals surface area contributed by atoms with Crippen molar-refractivity contribution in [2.75, 3.05) is 0 Å². The van der Waals surface area contributed by atoms with Crippen LogP contribution >= 0.6 is 46.9 Å². The van der Waals surface area contributed by atoms with Crippen LogP contribution in [0.25, 0.3) is 43.6 Å². The lowest BCUT2D eigenvalue weighted by molar-refractivity contribution is 0.505. The molecule has 0 fully saturated rings. The number of nitrogens with zero attached hydrogens (tertiary/aromatic N) is 8. The second kappa shape index (κ2) is 23.7. The normalized spacial score (nSPS) is 17.5. The lowest BCUT2D eigenvalue weighted by atomic mass is 9.54. The first kappa shape index (κ1) is 64.8. The molecule has 4 unspecified atom stereocenters. The Kier molecular flexibility index (Phi) is 17.5. The summed E-state index contributed by atoms with van der Waals surface area (Å²) in [5.41, 5.74) is 39.1. The summed E-state index contributed by atoms with van der Waals surface area (Å²) < 4.78 is 42.4. The summed E-state index contributed by atoms with van der Waals surface area (Å²) in [6.07, 6.45) is 0. The van der Waals surface area contributed by atoms with Crippen molar-refractivity contribution in [1.82, 2.24) is 35.0 Å². The first-order chi connectivity index (χ1) is 41.6. The van der Waals surface area contributed by atoms with Gasteiger partial charge in [-0.1, -0.05) is 190 Å². The minimum Gasteiger partial charge on any atom is -0.177 e. The molecule has 0 saturated carbocycles. The molecule has 14 rings (SSSR count). The highest BCUT2D eigenvalue weighted by Crippen LogP contribution is 2.67. The van der Waals surface area contributed by atoms with Gasteiger partial charge in [0.1, 0.15) is 54.4 Å². The molecule has 0 N–H and O–H groups in total. The van der Waals surface area contributed by atoms with E-state index in [0.29, 0.717) is 66.5 Å². The van der Waals surface area contributed by atoms with E-state index in [1.807, 2.05) is 0 Å². The zero-order valence-electron chi connectivity index (χ0n) is 56.8. The Morgan fingerprint density at radius 3 is 0.580 bits per heavy atom. The molecule has 16 heteroatoms. The minimum absolute atomic E-state index is 0.391. The molecule has 4 bridgehead atoms. The van der Waals surface area contributed by atoms with Crippen LogP contribution in [0.5, 0.6) is 0 Å². The van der Waals surface area contributed by atoms with Gasteiger partial charge in [-0.05, 0) is 113 Å². The summed E-state index contributed by atoms with van der Waals surface area (Å²) in [4.78, 5) is 0. The average molecular weight is 1310 g/mol. The fourth-order valence-corrected chi connectivity index (χ4v) is 42.1. The maximum absolute atomic E-state index is 5.59. The molecule has 8 nitrogen and oxygen atoms in total. The van der Waals surface area contributed by atoms with E-state index in [2.05, 4.69) is 236 Å². The standard InChI is InChI=1S/C72H92N8S4Si4/c1-37(2)85(38(3)4,39(5)6)29-25-49-53-33-57-58(74-81-73-57)34-54(53)50(26-30-86(40(7)8,41(9)10)42(11)12)62-61(49)65-67-63-51(27-31-87(43(13)14,44(15)16)45(17)18)55-35-59-60(76-82-75-59)36-56(55)52(28-32-88(46(19)20,47(21)22)48(23)24)64(63)68(72-71(67)79-84-80-72)66(62)70-69(65)77-83-78-70/h33-48,65-68H,1-24H3. The molecule has 0 saturated heterocycles. The highest BCUT2D eigenvalue weighted by molar-refractivity contribution is 7.00. The van der Waals surface area contributed by atoms with E-state index in [-0.39, 0.29) is 0 Å². The number of hydrogen-bond acceptors (Lipinski definition) is 12. The molecule has 6 aliphatic rings. The number of fused-ring (bicyclic) bond motifs is 4. The fourth-order valence-electron chi connectivity index (χ4n) is 19.0. The van der Waals surface area contributed by atoms with Crippen LogP contribution in [0.1, 0.15) is 257 Å². The summed E-state index contributed by atoms with van der Waals surface area (Å²) in [7, 11) is -9.44. The van der Waals surface area contributed by atoms with Crippen LogP contribution in [-0.2, 0) is 0 Å². The fraction of sp³-hybridized carbons (Fsp3) is 0.556. The number of hydrogen-bond donors (Lipinski definition) is 0. The molecule has 0 radical (unpaired) electrons. The molecule has 0 spiro atoms. The van der Waals surface area contributed by atoms with Gasteiger partial charge < -0.3 is 0 Å². The quantitative estimate of drug-likeness (QED) is 0.0880. The maximum atomic E-state index is 5.59. The Bertz CT molecular complexity index is 3710. The summed E-state index contributed by atoms with van der Waals surface area (Å²) in [6, 6.07) is 9.25. The third kappa shape index (κ3) is 9.46. The molecule has 460 valence electrons. The van der Waals surface area contributed by atoms with Crippen LogP contribution in [0.15, 0.2) is 24.3 Å². The van der Waals surface area contributed by atoms with Gasteiger partial charge in [-0.3, -0.25) is 0 Å². The SMILES string of the molecule is CC(C)[Si](C#Cc1c2c(c(C#C[Si](C(C)C)(C(C)C)C(C)C)c3cc4nsnc4cc13)C1c3nsnc3C2C2c3nsnc3C1c1c2c(C#C[Si](C(C)C)(C(C)C)C(C)C)c2cc3nsnc3cc2c1C#C[Si](C(C)C)(C(C)C)C(C)C)(C(C)C)C(C)C. The first-order valence-electron chi connectivity index (χ1n) is 32.9. The van der Waals surface area contributed by atoms with E-state index in [1.165, 1.54) is 69.2 Å². The van der Waals surface area contributed by atoms with E-state index >= 15 is 0 Å². The molecule has 4 aromatic carbocycles. The van der Waals surface area contributed by atoms with Gasteiger partial charge in [0.2, 0.25) is 0 Å². The molecule has 0 aliphatic heterocycles. The topological polar surface area (TPSA) is 103 Å². The van der Waals surface area contributed by atoms with E-state index < -0.39 is 56.0 Å². The van der Waals surface area contributed by atoms with E-state index in [4.69, 9.17) is 35.0 Å².